The van der Waals surface area contributed by atoms with Crippen molar-refractivity contribution in [1.82, 2.24) is 0 Å². The number of thiophene rings is 1. The molecule has 3 aromatic rings. The molecule has 0 saturated carbocycles. The Kier molecular flexibility index (Phi) is 5.38. The van der Waals surface area contributed by atoms with E-state index in [4.69, 9.17) is 21.1 Å². The summed E-state index contributed by atoms with van der Waals surface area (Å²) in [6, 6.07) is 11.5. The van der Waals surface area contributed by atoms with Crippen molar-refractivity contribution in [2.75, 3.05) is 13.2 Å². The van der Waals surface area contributed by atoms with E-state index in [1.807, 2.05) is 24.3 Å². The molecule has 1 aromatic heterocycles. The van der Waals surface area contributed by atoms with Crippen LogP contribution in [0.2, 0.25) is 5.02 Å². The van der Waals surface area contributed by atoms with Crippen LogP contribution in [0.5, 0.6) is 5.75 Å². The number of carbonyl (C=O) groups is 1. The largest absolute Gasteiger partial charge is 0.490 e. The van der Waals surface area contributed by atoms with Crippen molar-refractivity contribution in [2.24, 2.45) is 0 Å². The normalized spacial score (nSPS) is 10.8. The second-order valence-electron chi connectivity index (χ2n) is 4.82. The summed E-state index contributed by atoms with van der Waals surface area (Å²) in [5.41, 5.74) is 0. The van der Waals surface area contributed by atoms with Crippen molar-refractivity contribution in [3.8, 4) is 5.75 Å². The van der Waals surface area contributed by atoms with Crippen LogP contribution in [0.25, 0.3) is 10.1 Å². The first kappa shape index (κ1) is 17.2. The van der Waals surface area contributed by atoms with Crippen LogP contribution in [0.1, 0.15) is 9.67 Å². The van der Waals surface area contributed by atoms with Gasteiger partial charge in [0.2, 0.25) is 0 Å². The maximum absolute atomic E-state index is 13.2. The molecule has 0 aliphatic carbocycles. The summed E-state index contributed by atoms with van der Waals surface area (Å²) in [7, 11) is 0. The van der Waals surface area contributed by atoms with Crippen LogP contribution in [0.4, 0.5) is 4.39 Å². The van der Waals surface area contributed by atoms with E-state index < -0.39 is 5.97 Å². The molecule has 2 aromatic carbocycles. The third-order valence-corrected chi connectivity index (χ3v) is 5.34. The van der Waals surface area contributed by atoms with Crippen LogP contribution in [-0.2, 0) is 4.74 Å². The summed E-state index contributed by atoms with van der Waals surface area (Å²) < 4.78 is 25.5. The van der Waals surface area contributed by atoms with Crippen LogP contribution >= 0.6 is 38.9 Å². The van der Waals surface area contributed by atoms with Gasteiger partial charge >= 0.3 is 5.97 Å². The van der Waals surface area contributed by atoms with Gasteiger partial charge in [0.05, 0.1) is 5.02 Å². The van der Waals surface area contributed by atoms with Crippen LogP contribution in [0.15, 0.2) is 46.9 Å². The molecular weight excluding hydrogens is 419 g/mol. The van der Waals surface area contributed by atoms with Crippen molar-refractivity contribution in [2.45, 2.75) is 0 Å². The highest BCUT2D eigenvalue weighted by Gasteiger charge is 2.18. The van der Waals surface area contributed by atoms with Gasteiger partial charge in [-0.15, -0.1) is 11.3 Å². The predicted octanol–water partition coefficient (Wildman–Crippen LogP) is 5.69. The molecule has 0 atom stereocenters. The number of esters is 1. The van der Waals surface area contributed by atoms with Crippen LogP contribution in [0.3, 0.4) is 0 Å². The smallest absolute Gasteiger partial charge is 0.350 e. The molecule has 0 unspecified atom stereocenters. The Labute approximate surface area is 155 Å². The lowest BCUT2D eigenvalue weighted by Crippen LogP contribution is -2.11. The maximum atomic E-state index is 13.2. The predicted molar refractivity (Wildman–Crippen MR) is 96.7 cm³/mol. The summed E-state index contributed by atoms with van der Waals surface area (Å²) in [5, 5.41) is 0.926. The van der Waals surface area contributed by atoms with Gasteiger partial charge in [0.15, 0.2) is 0 Å². The number of carbonyl (C=O) groups excluding carboxylic acids is 1. The van der Waals surface area contributed by atoms with Crippen LogP contribution < -0.4 is 4.74 Å². The molecule has 0 fully saturated rings. The molecule has 0 spiro atoms. The van der Waals surface area contributed by atoms with Gasteiger partial charge in [-0.05, 0) is 42.5 Å². The Morgan fingerprint density at radius 3 is 2.67 bits per heavy atom. The lowest BCUT2D eigenvalue weighted by molar-refractivity contribution is 0.0456. The average Bonchev–Trinajstić information content (AvgIpc) is 2.89. The van der Waals surface area contributed by atoms with E-state index in [0.29, 0.717) is 15.8 Å². The Hall–Kier alpha value is -1.63. The number of hydrogen-bond acceptors (Lipinski definition) is 4. The molecule has 0 N–H and O–H groups in total. The molecule has 0 radical (unpaired) electrons. The van der Waals surface area contributed by atoms with E-state index in [-0.39, 0.29) is 28.9 Å². The Morgan fingerprint density at radius 2 is 1.92 bits per heavy atom. The number of halogens is 3. The Morgan fingerprint density at radius 1 is 1.17 bits per heavy atom. The van der Waals surface area contributed by atoms with Crippen molar-refractivity contribution in [1.29, 1.82) is 0 Å². The second kappa shape index (κ2) is 7.51. The summed E-state index contributed by atoms with van der Waals surface area (Å²) in [6.07, 6.45) is 0. The number of hydrogen-bond donors (Lipinski definition) is 0. The van der Waals surface area contributed by atoms with Gasteiger partial charge in [0.25, 0.3) is 0 Å². The van der Waals surface area contributed by atoms with Gasteiger partial charge < -0.3 is 9.47 Å². The second-order valence-corrected chi connectivity index (χ2v) is 7.17. The summed E-state index contributed by atoms with van der Waals surface area (Å²) in [5.74, 6) is -0.228. The fourth-order valence-corrected chi connectivity index (χ4v) is 3.75. The fourth-order valence-electron chi connectivity index (χ4n) is 2.06. The first-order chi connectivity index (χ1) is 11.5. The van der Waals surface area contributed by atoms with E-state index in [2.05, 4.69) is 15.9 Å². The monoisotopic (exact) mass is 428 g/mol. The first-order valence-corrected chi connectivity index (χ1v) is 8.96. The molecule has 3 rings (SSSR count). The van der Waals surface area contributed by atoms with Gasteiger partial charge in [-0.2, -0.15) is 0 Å². The van der Waals surface area contributed by atoms with Crippen molar-refractivity contribution >= 4 is 54.9 Å². The summed E-state index contributed by atoms with van der Waals surface area (Å²) >= 11 is 10.6. The molecule has 7 heteroatoms. The Bertz CT molecular complexity index is 879. The quantitative estimate of drug-likeness (QED) is 0.386. The summed E-state index contributed by atoms with van der Waals surface area (Å²) in [4.78, 5) is 12.4. The van der Waals surface area contributed by atoms with E-state index in [0.717, 1.165) is 15.8 Å². The molecule has 24 heavy (non-hydrogen) atoms. The minimum absolute atomic E-state index is 0.0911. The maximum Gasteiger partial charge on any atom is 0.350 e. The SMILES string of the molecule is O=C(OCCOc1ccc(Br)cc1)c1sc2cc(F)ccc2c1Cl. The molecule has 0 saturated heterocycles. The zero-order valence-corrected chi connectivity index (χ0v) is 15.4. The first-order valence-electron chi connectivity index (χ1n) is 6.97. The summed E-state index contributed by atoms with van der Waals surface area (Å²) in [6.45, 7) is 0.318. The number of ether oxygens (including phenoxy) is 2. The van der Waals surface area contributed by atoms with Gasteiger partial charge in [-0.25, -0.2) is 9.18 Å². The lowest BCUT2D eigenvalue weighted by atomic mass is 10.2. The zero-order valence-electron chi connectivity index (χ0n) is 12.2. The molecule has 3 nitrogen and oxygen atoms in total. The van der Waals surface area contributed by atoms with E-state index in [9.17, 15) is 9.18 Å². The van der Waals surface area contributed by atoms with Crippen molar-refractivity contribution < 1.29 is 18.7 Å². The topological polar surface area (TPSA) is 35.5 Å². The molecule has 0 amide bonds. The number of fused-ring (bicyclic) bond motifs is 1. The van der Waals surface area contributed by atoms with Gasteiger partial charge in [-0.1, -0.05) is 27.5 Å². The molecule has 0 bridgehead atoms. The highest BCUT2D eigenvalue weighted by Crippen LogP contribution is 2.36. The third-order valence-electron chi connectivity index (χ3n) is 3.18. The fraction of sp³-hybridized carbons (Fsp3) is 0.118. The molecular formula is C17H11BrClFO3S. The standard InChI is InChI=1S/C17H11BrClFO3S/c18-10-1-4-12(5-2-10)22-7-8-23-17(21)16-15(19)13-6-3-11(20)9-14(13)24-16/h1-6,9H,7-8H2. The molecule has 0 aliphatic heterocycles. The van der Waals surface area contributed by atoms with Gasteiger partial charge in [-0.3, -0.25) is 0 Å². The van der Waals surface area contributed by atoms with E-state index in [1.165, 1.54) is 12.1 Å². The minimum atomic E-state index is -0.541. The third kappa shape index (κ3) is 3.88. The number of rotatable bonds is 5. The van der Waals surface area contributed by atoms with Crippen molar-refractivity contribution in [3.63, 3.8) is 0 Å². The molecule has 1 heterocycles. The Balaban J connectivity index is 1.59. The molecule has 0 aliphatic rings. The number of benzene rings is 2. The highest BCUT2D eigenvalue weighted by molar-refractivity contribution is 9.10. The lowest BCUT2D eigenvalue weighted by Gasteiger charge is -2.07. The van der Waals surface area contributed by atoms with E-state index in [1.54, 1.807) is 6.07 Å². The van der Waals surface area contributed by atoms with Gasteiger partial charge in [0, 0.05) is 14.6 Å². The molecule has 124 valence electrons. The minimum Gasteiger partial charge on any atom is -0.490 e. The van der Waals surface area contributed by atoms with Crippen LogP contribution in [0, 0.1) is 5.82 Å². The zero-order chi connectivity index (χ0) is 17.1. The van der Waals surface area contributed by atoms with E-state index >= 15 is 0 Å². The van der Waals surface area contributed by atoms with Crippen molar-refractivity contribution in [3.05, 3.63) is 62.7 Å². The highest BCUT2D eigenvalue weighted by atomic mass is 79.9. The van der Waals surface area contributed by atoms with Gasteiger partial charge in [0.1, 0.15) is 29.7 Å². The average molecular weight is 430 g/mol. The van der Waals surface area contributed by atoms with Crippen LogP contribution in [-0.4, -0.2) is 19.2 Å².